The molecule has 1 aromatic rings. The minimum atomic E-state index is -0.425. The Morgan fingerprint density at radius 2 is 2.29 bits per heavy atom. The lowest BCUT2D eigenvalue weighted by atomic mass is 10.0. The summed E-state index contributed by atoms with van der Waals surface area (Å²) in [7, 11) is 1.58. The van der Waals surface area contributed by atoms with Crippen molar-refractivity contribution in [2.24, 2.45) is 5.73 Å². The molecule has 0 saturated carbocycles. The number of amides is 1. The molecule has 1 heterocycles. The highest BCUT2D eigenvalue weighted by atomic mass is 35.5. The van der Waals surface area contributed by atoms with Gasteiger partial charge in [0, 0.05) is 12.6 Å². The maximum atomic E-state index is 12.0. The van der Waals surface area contributed by atoms with Crippen molar-refractivity contribution in [3.63, 3.8) is 0 Å². The van der Waals surface area contributed by atoms with Gasteiger partial charge in [0.05, 0.1) is 23.9 Å². The fourth-order valence-corrected chi connectivity index (χ4v) is 2.19. The minimum absolute atomic E-state index is 0.0774. The molecule has 1 amide bonds. The smallest absolute Gasteiger partial charge is 0.243 e. The van der Waals surface area contributed by atoms with Crippen molar-refractivity contribution in [1.82, 2.24) is 0 Å². The molecule has 0 aliphatic carbocycles. The molecular weight excluding hydrogens is 240 g/mol. The zero-order valence-electron chi connectivity index (χ0n) is 9.65. The molecule has 2 rings (SSSR count). The number of hydrogen-bond acceptors (Lipinski definition) is 3. The Hall–Kier alpha value is -1.26. The van der Waals surface area contributed by atoms with Gasteiger partial charge >= 0.3 is 0 Å². The van der Waals surface area contributed by atoms with Crippen LogP contribution in [0.5, 0.6) is 5.75 Å². The molecule has 0 radical (unpaired) electrons. The topological polar surface area (TPSA) is 55.6 Å². The maximum Gasteiger partial charge on any atom is 0.243 e. The number of nitrogens with zero attached hydrogens (tertiary/aromatic N) is 1. The first kappa shape index (κ1) is 12.2. The summed E-state index contributed by atoms with van der Waals surface area (Å²) in [6, 6.07) is 4.83. The van der Waals surface area contributed by atoms with E-state index in [1.807, 2.05) is 0 Å². The van der Waals surface area contributed by atoms with Crippen LogP contribution in [0.15, 0.2) is 18.2 Å². The molecule has 1 atom stereocenters. The van der Waals surface area contributed by atoms with Crippen molar-refractivity contribution in [2.45, 2.75) is 18.9 Å². The van der Waals surface area contributed by atoms with Gasteiger partial charge in [-0.3, -0.25) is 4.79 Å². The van der Waals surface area contributed by atoms with Gasteiger partial charge in [0.2, 0.25) is 5.91 Å². The Morgan fingerprint density at radius 3 is 3.00 bits per heavy atom. The Kier molecular flexibility index (Phi) is 3.54. The highest BCUT2D eigenvalue weighted by Gasteiger charge is 2.28. The predicted octanol–water partition coefficient (Wildman–Crippen LogP) is 1.80. The molecule has 2 N–H and O–H groups in total. The first-order valence-corrected chi connectivity index (χ1v) is 5.92. The van der Waals surface area contributed by atoms with Crippen LogP contribution in [0.1, 0.15) is 12.8 Å². The monoisotopic (exact) mass is 254 g/mol. The largest absolute Gasteiger partial charge is 0.497 e. The van der Waals surface area contributed by atoms with Crippen LogP contribution in [0.4, 0.5) is 5.69 Å². The molecule has 0 spiro atoms. The van der Waals surface area contributed by atoms with Gasteiger partial charge < -0.3 is 15.4 Å². The quantitative estimate of drug-likeness (QED) is 0.876. The molecule has 1 aromatic carbocycles. The van der Waals surface area contributed by atoms with E-state index in [2.05, 4.69) is 0 Å². The molecule has 5 heteroatoms. The first-order valence-electron chi connectivity index (χ1n) is 5.54. The second-order valence-corrected chi connectivity index (χ2v) is 4.46. The number of carbonyl (C=O) groups is 1. The van der Waals surface area contributed by atoms with E-state index in [4.69, 9.17) is 22.1 Å². The first-order chi connectivity index (χ1) is 8.13. The lowest BCUT2D eigenvalue weighted by Crippen LogP contribution is -2.48. The fraction of sp³-hybridized carbons (Fsp3) is 0.417. The van der Waals surface area contributed by atoms with E-state index >= 15 is 0 Å². The molecule has 0 bridgehead atoms. The van der Waals surface area contributed by atoms with E-state index in [1.54, 1.807) is 30.2 Å². The summed E-state index contributed by atoms with van der Waals surface area (Å²) in [6.45, 7) is 0.652. The third-order valence-corrected chi connectivity index (χ3v) is 3.24. The van der Waals surface area contributed by atoms with Crippen LogP contribution in [-0.2, 0) is 4.79 Å². The number of methoxy groups -OCH3 is 1. The molecule has 92 valence electrons. The zero-order chi connectivity index (χ0) is 12.4. The highest BCUT2D eigenvalue weighted by Crippen LogP contribution is 2.32. The van der Waals surface area contributed by atoms with E-state index in [1.165, 1.54) is 0 Å². The Bertz CT molecular complexity index is 437. The lowest BCUT2D eigenvalue weighted by molar-refractivity contribution is -0.120. The van der Waals surface area contributed by atoms with Crippen LogP contribution in [0.2, 0.25) is 5.02 Å². The molecule has 1 saturated heterocycles. The summed E-state index contributed by atoms with van der Waals surface area (Å²) in [5.74, 6) is 0.600. The molecular formula is C12H15ClN2O2. The average Bonchev–Trinajstić information content (AvgIpc) is 2.34. The summed E-state index contributed by atoms with van der Waals surface area (Å²) in [5.41, 5.74) is 6.43. The van der Waals surface area contributed by atoms with Gasteiger partial charge in [-0.15, -0.1) is 0 Å². The third kappa shape index (κ3) is 2.37. The number of piperidine rings is 1. The fourth-order valence-electron chi connectivity index (χ4n) is 1.97. The molecule has 0 aromatic heterocycles. The number of anilines is 1. The van der Waals surface area contributed by atoms with E-state index in [0.717, 1.165) is 12.8 Å². The summed E-state index contributed by atoms with van der Waals surface area (Å²) in [5, 5.41) is 0.535. The number of benzene rings is 1. The molecule has 4 nitrogen and oxygen atoms in total. The number of ether oxygens (including phenoxy) is 1. The maximum absolute atomic E-state index is 12.0. The summed E-state index contributed by atoms with van der Waals surface area (Å²) in [4.78, 5) is 13.6. The minimum Gasteiger partial charge on any atom is -0.497 e. The van der Waals surface area contributed by atoms with Crippen molar-refractivity contribution in [1.29, 1.82) is 0 Å². The van der Waals surface area contributed by atoms with E-state index in [0.29, 0.717) is 23.0 Å². The van der Waals surface area contributed by atoms with Crippen molar-refractivity contribution >= 4 is 23.2 Å². The van der Waals surface area contributed by atoms with Gasteiger partial charge in [0.25, 0.3) is 0 Å². The third-order valence-electron chi connectivity index (χ3n) is 2.92. The van der Waals surface area contributed by atoms with Crippen LogP contribution in [-0.4, -0.2) is 25.6 Å². The number of carbonyl (C=O) groups excluding carboxylic acids is 1. The average molecular weight is 255 g/mol. The van der Waals surface area contributed by atoms with Crippen LogP contribution in [0.25, 0.3) is 0 Å². The van der Waals surface area contributed by atoms with Gasteiger partial charge in [-0.1, -0.05) is 11.6 Å². The van der Waals surface area contributed by atoms with Gasteiger partial charge in [-0.05, 0) is 25.0 Å². The predicted molar refractivity (Wildman–Crippen MR) is 67.6 cm³/mol. The van der Waals surface area contributed by atoms with Crippen LogP contribution in [0, 0.1) is 0 Å². The number of nitrogens with two attached hydrogens (primary N) is 1. The van der Waals surface area contributed by atoms with Gasteiger partial charge in [-0.2, -0.15) is 0 Å². The number of hydrogen-bond donors (Lipinski definition) is 1. The summed E-state index contributed by atoms with van der Waals surface area (Å²) in [6.07, 6.45) is 1.62. The van der Waals surface area contributed by atoms with Crippen molar-refractivity contribution in [3.8, 4) is 5.75 Å². The van der Waals surface area contributed by atoms with E-state index < -0.39 is 6.04 Å². The molecule has 1 unspecified atom stereocenters. The van der Waals surface area contributed by atoms with Crippen molar-refractivity contribution in [3.05, 3.63) is 23.2 Å². The summed E-state index contributed by atoms with van der Waals surface area (Å²) < 4.78 is 5.13. The van der Waals surface area contributed by atoms with Crippen LogP contribution < -0.4 is 15.4 Å². The van der Waals surface area contributed by atoms with Crippen molar-refractivity contribution < 1.29 is 9.53 Å². The molecule has 1 aliphatic rings. The Labute approximate surface area is 105 Å². The molecule has 17 heavy (non-hydrogen) atoms. The van der Waals surface area contributed by atoms with Gasteiger partial charge in [-0.25, -0.2) is 0 Å². The number of rotatable bonds is 2. The lowest BCUT2D eigenvalue weighted by Gasteiger charge is -2.31. The van der Waals surface area contributed by atoms with Crippen LogP contribution >= 0.6 is 11.6 Å². The second-order valence-electron chi connectivity index (χ2n) is 4.06. The van der Waals surface area contributed by atoms with Crippen molar-refractivity contribution in [2.75, 3.05) is 18.6 Å². The number of halogens is 1. The summed E-state index contributed by atoms with van der Waals surface area (Å²) >= 11 is 6.11. The SMILES string of the molecule is COc1ccc(Cl)c(N2CCCC(N)C2=O)c1. The van der Waals surface area contributed by atoms with Crippen LogP contribution in [0.3, 0.4) is 0 Å². The van der Waals surface area contributed by atoms with E-state index in [-0.39, 0.29) is 5.91 Å². The van der Waals surface area contributed by atoms with E-state index in [9.17, 15) is 4.79 Å². The molecule has 1 aliphatic heterocycles. The second kappa shape index (κ2) is 4.94. The Balaban J connectivity index is 2.35. The normalized spacial score (nSPS) is 20.5. The Morgan fingerprint density at radius 1 is 1.53 bits per heavy atom. The molecule has 1 fully saturated rings. The highest BCUT2D eigenvalue weighted by molar-refractivity contribution is 6.34. The standard InChI is InChI=1S/C12H15ClN2O2/c1-17-8-4-5-9(13)11(7-8)15-6-2-3-10(14)12(15)16/h4-5,7,10H,2-3,6,14H2,1H3. The van der Waals surface area contributed by atoms with Gasteiger partial charge in [0.15, 0.2) is 0 Å². The zero-order valence-corrected chi connectivity index (χ0v) is 10.4. The van der Waals surface area contributed by atoms with Gasteiger partial charge in [0.1, 0.15) is 5.75 Å².